The Labute approximate surface area is 99.5 Å². The molecule has 0 spiro atoms. The second-order valence-corrected chi connectivity index (χ2v) is 4.04. The van der Waals surface area contributed by atoms with E-state index in [2.05, 4.69) is 15.5 Å². The molecule has 0 bridgehead atoms. The van der Waals surface area contributed by atoms with Crippen molar-refractivity contribution in [3.8, 4) is 0 Å². The summed E-state index contributed by atoms with van der Waals surface area (Å²) in [5.74, 6) is 1.48. The number of hydrogen-bond donors (Lipinski definition) is 1. The molecule has 0 amide bonds. The molecule has 0 saturated heterocycles. The zero-order chi connectivity index (χ0) is 12.4. The third kappa shape index (κ3) is 2.43. The molecular formula is C12H15FN4. The molecule has 0 fully saturated rings. The Kier molecular flexibility index (Phi) is 3.08. The van der Waals surface area contributed by atoms with Crippen LogP contribution in [0.2, 0.25) is 0 Å². The Hall–Kier alpha value is -1.91. The van der Waals surface area contributed by atoms with Gasteiger partial charge in [0.15, 0.2) is 5.82 Å². The number of aryl methyl sites for hydroxylation is 2. The first kappa shape index (κ1) is 11.6. The number of nitrogens with one attached hydrogen (secondary N) is 1. The lowest BCUT2D eigenvalue weighted by Crippen LogP contribution is -2.07. The zero-order valence-electron chi connectivity index (χ0n) is 10.2. The van der Waals surface area contributed by atoms with E-state index in [9.17, 15) is 4.39 Å². The van der Waals surface area contributed by atoms with Crippen molar-refractivity contribution in [2.45, 2.75) is 20.4 Å². The molecule has 0 aliphatic heterocycles. The third-order valence-electron chi connectivity index (χ3n) is 2.81. The van der Waals surface area contributed by atoms with Crippen molar-refractivity contribution in [3.05, 3.63) is 41.2 Å². The van der Waals surface area contributed by atoms with Gasteiger partial charge in [-0.15, -0.1) is 10.2 Å². The van der Waals surface area contributed by atoms with Crippen LogP contribution in [0.15, 0.2) is 18.2 Å². The van der Waals surface area contributed by atoms with Gasteiger partial charge in [0, 0.05) is 12.7 Å². The molecule has 90 valence electrons. The molecule has 0 radical (unpaired) electrons. The summed E-state index contributed by atoms with van der Waals surface area (Å²) in [6.45, 7) is 4.16. The fourth-order valence-corrected chi connectivity index (χ4v) is 1.49. The van der Waals surface area contributed by atoms with Crippen molar-refractivity contribution in [2.75, 3.05) is 5.32 Å². The minimum absolute atomic E-state index is 0.204. The summed E-state index contributed by atoms with van der Waals surface area (Å²) in [5, 5.41) is 11.1. The largest absolute Gasteiger partial charge is 0.378 e. The van der Waals surface area contributed by atoms with E-state index in [0.717, 1.165) is 17.3 Å². The molecule has 17 heavy (non-hydrogen) atoms. The smallest absolute Gasteiger partial charge is 0.152 e. The second-order valence-electron chi connectivity index (χ2n) is 4.04. The zero-order valence-corrected chi connectivity index (χ0v) is 10.2. The number of aromatic nitrogens is 3. The van der Waals surface area contributed by atoms with Gasteiger partial charge < -0.3 is 9.88 Å². The van der Waals surface area contributed by atoms with Crippen LogP contribution < -0.4 is 5.32 Å². The molecule has 0 unspecified atom stereocenters. The molecule has 4 nitrogen and oxygen atoms in total. The number of hydrogen-bond acceptors (Lipinski definition) is 3. The first-order valence-corrected chi connectivity index (χ1v) is 5.43. The van der Waals surface area contributed by atoms with Crippen LogP contribution in [-0.4, -0.2) is 14.8 Å². The maximum Gasteiger partial charge on any atom is 0.152 e. The first-order chi connectivity index (χ1) is 8.08. The van der Waals surface area contributed by atoms with Gasteiger partial charge in [-0.1, -0.05) is 6.07 Å². The van der Waals surface area contributed by atoms with E-state index in [1.54, 1.807) is 13.0 Å². The number of nitrogens with zero attached hydrogens (tertiary/aromatic N) is 3. The maximum atomic E-state index is 13.3. The van der Waals surface area contributed by atoms with Gasteiger partial charge in [0.25, 0.3) is 0 Å². The predicted molar refractivity (Wildman–Crippen MR) is 64.2 cm³/mol. The molecule has 1 heterocycles. The van der Waals surface area contributed by atoms with Crippen LogP contribution in [0.25, 0.3) is 0 Å². The fraction of sp³-hybridized carbons (Fsp3) is 0.333. The Morgan fingerprint density at radius 1 is 1.29 bits per heavy atom. The van der Waals surface area contributed by atoms with Crippen molar-refractivity contribution < 1.29 is 4.39 Å². The molecule has 0 atom stereocenters. The Balaban J connectivity index is 2.07. The fourth-order valence-electron chi connectivity index (χ4n) is 1.49. The van der Waals surface area contributed by atoms with Crippen LogP contribution in [-0.2, 0) is 13.6 Å². The van der Waals surface area contributed by atoms with Gasteiger partial charge in [0.2, 0.25) is 0 Å². The number of rotatable bonds is 3. The third-order valence-corrected chi connectivity index (χ3v) is 2.81. The van der Waals surface area contributed by atoms with Gasteiger partial charge in [-0.05, 0) is 31.5 Å². The van der Waals surface area contributed by atoms with Crippen LogP contribution in [0.5, 0.6) is 0 Å². The normalized spacial score (nSPS) is 10.6. The molecule has 2 aromatic rings. The molecule has 1 aromatic carbocycles. The SMILES string of the molecule is Cc1ccc(NCc2nnc(C)n2C)cc1F. The number of benzene rings is 1. The van der Waals surface area contributed by atoms with E-state index in [-0.39, 0.29) is 5.82 Å². The van der Waals surface area contributed by atoms with Crippen molar-refractivity contribution in [3.63, 3.8) is 0 Å². The molecule has 0 aliphatic carbocycles. The van der Waals surface area contributed by atoms with E-state index in [0.29, 0.717) is 12.1 Å². The van der Waals surface area contributed by atoms with Crippen LogP contribution in [0.4, 0.5) is 10.1 Å². The number of anilines is 1. The quantitative estimate of drug-likeness (QED) is 0.885. The van der Waals surface area contributed by atoms with Crippen molar-refractivity contribution in [2.24, 2.45) is 7.05 Å². The van der Waals surface area contributed by atoms with E-state index >= 15 is 0 Å². The minimum atomic E-state index is -0.204. The predicted octanol–water partition coefficient (Wildman–Crippen LogP) is 2.18. The first-order valence-electron chi connectivity index (χ1n) is 5.43. The van der Waals surface area contributed by atoms with Gasteiger partial charge in [-0.25, -0.2) is 4.39 Å². The molecular weight excluding hydrogens is 219 g/mol. The minimum Gasteiger partial charge on any atom is -0.378 e. The summed E-state index contributed by atoms with van der Waals surface area (Å²) in [6.07, 6.45) is 0. The average molecular weight is 234 g/mol. The topological polar surface area (TPSA) is 42.7 Å². The Morgan fingerprint density at radius 3 is 2.65 bits per heavy atom. The summed E-state index contributed by atoms with van der Waals surface area (Å²) < 4.78 is 15.2. The molecule has 1 aromatic heterocycles. The van der Waals surface area contributed by atoms with E-state index in [1.165, 1.54) is 6.07 Å². The van der Waals surface area contributed by atoms with Crippen LogP contribution in [0, 0.1) is 19.7 Å². The van der Waals surface area contributed by atoms with Crippen molar-refractivity contribution in [1.29, 1.82) is 0 Å². The standard InChI is InChI=1S/C12H15FN4/c1-8-4-5-10(6-11(8)13)14-7-12-16-15-9(2)17(12)3/h4-6,14H,7H2,1-3H3. The van der Waals surface area contributed by atoms with E-state index in [4.69, 9.17) is 0 Å². The molecule has 0 aliphatic rings. The highest BCUT2D eigenvalue weighted by Crippen LogP contribution is 2.14. The summed E-state index contributed by atoms with van der Waals surface area (Å²) in [7, 11) is 1.90. The van der Waals surface area contributed by atoms with Gasteiger partial charge in [0.05, 0.1) is 6.54 Å². The highest BCUT2D eigenvalue weighted by atomic mass is 19.1. The van der Waals surface area contributed by atoms with Gasteiger partial charge in [-0.2, -0.15) is 0 Å². The van der Waals surface area contributed by atoms with Crippen LogP contribution in [0.3, 0.4) is 0 Å². The van der Waals surface area contributed by atoms with Crippen LogP contribution >= 0.6 is 0 Å². The highest BCUT2D eigenvalue weighted by Gasteiger charge is 2.05. The van der Waals surface area contributed by atoms with Crippen molar-refractivity contribution in [1.82, 2.24) is 14.8 Å². The lowest BCUT2D eigenvalue weighted by atomic mass is 10.2. The summed E-state index contributed by atoms with van der Waals surface area (Å²) in [6, 6.07) is 5.08. The monoisotopic (exact) mass is 234 g/mol. The summed E-state index contributed by atoms with van der Waals surface area (Å²) in [4.78, 5) is 0. The molecule has 0 saturated carbocycles. The molecule has 2 rings (SSSR count). The van der Waals surface area contributed by atoms with E-state index < -0.39 is 0 Å². The van der Waals surface area contributed by atoms with Crippen molar-refractivity contribution >= 4 is 5.69 Å². The summed E-state index contributed by atoms with van der Waals surface area (Å²) >= 11 is 0. The Bertz CT molecular complexity index is 533. The van der Waals surface area contributed by atoms with Gasteiger partial charge in [0.1, 0.15) is 11.6 Å². The van der Waals surface area contributed by atoms with Gasteiger partial charge in [-0.3, -0.25) is 0 Å². The average Bonchev–Trinajstić information content (AvgIpc) is 2.62. The van der Waals surface area contributed by atoms with Gasteiger partial charge >= 0.3 is 0 Å². The van der Waals surface area contributed by atoms with E-state index in [1.807, 2.05) is 24.6 Å². The Morgan fingerprint density at radius 2 is 2.06 bits per heavy atom. The lowest BCUT2D eigenvalue weighted by molar-refractivity contribution is 0.619. The highest BCUT2D eigenvalue weighted by molar-refractivity contribution is 5.45. The number of halogens is 1. The molecule has 5 heteroatoms. The second kappa shape index (κ2) is 4.53. The summed E-state index contributed by atoms with van der Waals surface area (Å²) in [5.41, 5.74) is 1.39. The maximum absolute atomic E-state index is 13.3. The lowest BCUT2D eigenvalue weighted by Gasteiger charge is -2.07. The van der Waals surface area contributed by atoms with Crippen LogP contribution in [0.1, 0.15) is 17.2 Å². The molecule has 1 N–H and O–H groups in total.